The summed E-state index contributed by atoms with van der Waals surface area (Å²) in [4.78, 5) is 27.2. The van der Waals surface area contributed by atoms with Crippen molar-refractivity contribution in [1.82, 2.24) is 10.2 Å². The van der Waals surface area contributed by atoms with Crippen LogP contribution in [0.5, 0.6) is 0 Å². The van der Waals surface area contributed by atoms with Gasteiger partial charge in [0.25, 0.3) is 5.91 Å². The zero-order valence-electron chi connectivity index (χ0n) is 17.0. The molecule has 28 heavy (non-hydrogen) atoms. The van der Waals surface area contributed by atoms with Gasteiger partial charge in [-0.15, -0.1) is 0 Å². The molecule has 0 bridgehead atoms. The number of aryl methyl sites for hydroxylation is 3. The minimum atomic E-state index is -0.390. The molecule has 0 aliphatic carbocycles. The Morgan fingerprint density at radius 1 is 1.07 bits per heavy atom. The predicted octanol–water partition coefficient (Wildman–Crippen LogP) is 3.75. The van der Waals surface area contributed by atoms with Gasteiger partial charge in [-0.2, -0.15) is 0 Å². The highest BCUT2D eigenvalue weighted by Gasteiger charge is 2.18. The van der Waals surface area contributed by atoms with Crippen LogP contribution in [-0.2, 0) is 0 Å². The number of amides is 1. The SMILES string of the molecule is Cc1ccc([C@@H](CNC(=O)c2cc(=O)c3ccc(C)c(C)c3o2)N(C)C)cc1. The van der Waals surface area contributed by atoms with Crippen LogP contribution in [0, 0.1) is 20.8 Å². The Morgan fingerprint density at radius 2 is 1.75 bits per heavy atom. The maximum atomic E-state index is 12.7. The molecular weight excluding hydrogens is 352 g/mol. The van der Waals surface area contributed by atoms with Crippen LogP contribution >= 0.6 is 0 Å². The largest absolute Gasteiger partial charge is 0.450 e. The normalized spacial score (nSPS) is 12.4. The molecule has 5 heteroatoms. The number of fused-ring (bicyclic) bond motifs is 1. The van der Waals surface area contributed by atoms with Crippen LogP contribution in [0.15, 0.2) is 51.7 Å². The highest BCUT2D eigenvalue weighted by Crippen LogP contribution is 2.21. The first-order chi connectivity index (χ1) is 13.3. The van der Waals surface area contributed by atoms with E-state index in [0.717, 1.165) is 16.7 Å². The van der Waals surface area contributed by atoms with Gasteiger partial charge in [-0.25, -0.2) is 0 Å². The number of nitrogens with zero attached hydrogens (tertiary/aromatic N) is 1. The maximum Gasteiger partial charge on any atom is 0.287 e. The van der Waals surface area contributed by atoms with Crippen molar-refractivity contribution >= 4 is 16.9 Å². The van der Waals surface area contributed by atoms with Gasteiger partial charge in [0.1, 0.15) is 5.58 Å². The Labute approximate surface area is 165 Å². The van der Waals surface area contributed by atoms with Crippen LogP contribution in [-0.4, -0.2) is 31.4 Å². The molecule has 3 aromatic rings. The third-order valence-electron chi connectivity index (χ3n) is 5.18. The van der Waals surface area contributed by atoms with Crippen LogP contribution in [0.4, 0.5) is 0 Å². The Morgan fingerprint density at radius 3 is 2.39 bits per heavy atom. The molecule has 0 saturated carbocycles. The first-order valence-corrected chi connectivity index (χ1v) is 9.33. The maximum absolute atomic E-state index is 12.7. The summed E-state index contributed by atoms with van der Waals surface area (Å²) < 4.78 is 5.80. The monoisotopic (exact) mass is 378 g/mol. The third kappa shape index (κ3) is 3.99. The van der Waals surface area contributed by atoms with E-state index >= 15 is 0 Å². The van der Waals surface area contributed by atoms with E-state index in [1.54, 1.807) is 6.07 Å². The number of nitrogens with one attached hydrogen (secondary N) is 1. The fourth-order valence-electron chi connectivity index (χ4n) is 3.23. The summed E-state index contributed by atoms with van der Waals surface area (Å²) >= 11 is 0. The van der Waals surface area contributed by atoms with Gasteiger partial charge in [0.05, 0.1) is 11.4 Å². The van der Waals surface area contributed by atoms with Gasteiger partial charge >= 0.3 is 0 Å². The summed E-state index contributed by atoms with van der Waals surface area (Å²) in [6.07, 6.45) is 0. The minimum Gasteiger partial charge on any atom is -0.450 e. The minimum absolute atomic E-state index is 0.0145. The molecule has 0 aliphatic heterocycles. The Bertz CT molecular complexity index is 1070. The zero-order chi connectivity index (χ0) is 20.4. The fraction of sp³-hybridized carbons (Fsp3) is 0.304. The van der Waals surface area contributed by atoms with E-state index in [1.807, 2.05) is 40.9 Å². The number of carbonyl (C=O) groups excluding carboxylic acids is 1. The number of hydrogen-bond acceptors (Lipinski definition) is 4. The number of hydrogen-bond donors (Lipinski definition) is 1. The van der Waals surface area contributed by atoms with E-state index in [2.05, 4.69) is 34.5 Å². The zero-order valence-corrected chi connectivity index (χ0v) is 17.0. The van der Waals surface area contributed by atoms with Crippen molar-refractivity contribution in [1.29, 1.82) is 0 Å². The molecule has 0 unspecified atom stereocenters. The van der Waals surface area contributed by atoms with Crippen molar-refractivity contribution in [2.75, 3.05) is 20.6 Å². The molecule has 2 aromatic carbocycles. The van der Waals surface area contributed by atoms with E-state index in [4.69, 9.17) is 4.42 Å². The first kappa shape index (κ1) is 19.8. The highest BCUT2D eigenvalue weighted by molar-refractivity contribution is 5.93. The molecule has 0 saturated heterocycles. The van der Waals surface area contributed by atoms with Crippen LogP contribution in [0.3, 0.4) is 0 Å². The Hall–Kier alpha value is -2.92. The molecule has 1 N–H and O–H groups in total. The Balaban J connectivity index is 1.85. The van der Waals surface area contributed by atoms with Crippen molar-refractivity contribution < 1.29 is 9.21 Å². The molecule has 0 spiro atoms. The van der Waals surface area contributed by atoms with Crippen LogP contribution in [0.25, 0.3) is 11.0 Å². The van der Waals surface area contributed by atoms with Gasteiger partial charge < -0.3 is 14.6 Å². The molecule has 1 aromatic heterocycles. The van der Waals surface area contributed by atoms with E-state index in [9.17, 15) is 9.59 Å². The number of carbonyl (C=O) groups is 1. The highest BCUT2D eigenvalue weighted by atomic mass is 16.3. The van der Waals surface area contributed by atoms with Crippen molar-refractivity contribution in [3.63, 3.8) is 0 Å². The number of likely N-dealkylation sites (N-methyl/N-ethyl adjacent to an activating group) is 1. The Kier molecular flexibility index (Phi) is 5.66. The van der Waals surface area contributed by atoms with Gasteiger partial charge in [-0.05, 0) is 57.6 Å². The molecule has 1 atom stereocenters. The lowest BCUT2D eigenvalue weighted by atomic mass is 10.0. The second-order valence-corrected chi connectivity index (χ2v) is 7.46. The van der Waals surface area contributed by atoms with E-state index < -0.39 is 0 Å². The lowest BCUT2D eigenvalue weighted by molar-refractivity contribution is 0.0914. The smallest absolute Gasteiger partial charge is 0.287 e. The van der Waals surface area contributed by atoms with Crippen molar-refractivity contribution in [2.24, 2.45) is 0 Å². The summed E-state index contributed by atoms with van der Waals surface area (Å²) in [5.41, 5.74) is 4.45. The molecule has 146 valence electrons. The summed E-state index contributed by atoms with van der Waals surface area (Å²) in [6.45, 7) is 6.29. The fourth-order valence-corrected chi connectivity index (χ4v) is 3.23. The lowest BCUT2D eigenvalue weighted by Crippen LogP contribution is -2.34. The summed E-state index contributed by atoms with van der Waals surface area (Å²) in [7, 11) is 3.94. The second kappa shape index (κ2) is 7.98. The molecule has 1 amide bonds. The van der Waals surface area contributed by atoms with Gasteiger partial charge in [0.2, 0.25) is 0 Å². The van der Waals surface area contributed by atoms with Gasteiger partial charge in [-0.3, -0.25) is 9.59 Å². The quantitative estimate of drug-likeness (QED) is 0.734. The average Bonchev–Trinajstić information content (AvgIpc) is 2.66. The van der Waals surface area contributed by atoms with Crippen molar-refractivity contribution in [3.8, 4) is 0 Å². The van der Waals surface area contributed by atoms with Crippen molar-refractivity contribution in [2.45, 2.75) is 26.8 Å². The van der Waals surface area contributed by atoms with Crippen molar-refractivity contribution in [3.05, 3.63) is 80.7 Å². The molecule has 1 heterocycles. The third-order valence-corrected chi connectivity index (χ3v) is 5.18. The average molecular weight is 378 g/mol. The molecule has 0 radical (unpaired) electrons. The number of rotatable bonds is 5. The van der Waals surface area contributed by atoms with Gasteiger partial charge in [-0.1, -0.05) is 35.9 Å². The summed E-state index contributed by atoms with van der Waals surface area (Å²) in [6, 6.07) is 13.1. The lowest BCUT2D eigenvalue weighted by Gasteiger charge is -2.25. The van der Waals surface area contributed by atoms with Crippen LogP contribution < -0.4 is 10.7 Å². The molecule has 0 aliphatic rings. The van der Waals surface area contributed by atoms with Crippen LogP contribution in [0.1, 0.15) is 38.9 Å². The van der Waals surface area contributed by atoms with E-state index in [1.165, 1.54) is 11.6 Å². The predicted molar refractivity (Wildman–Crippen MR) is 112 cm³/mol. The molecule has 0 fully saturated rings. The van der Waals surface area contributed by atoms with Gasteiger partial charge in [0, 0.05) is 12.6 Å². The van der Waals surface area contributed by atoms with E-state index in [-0.39, 0.29) is 23.1 Å². The molecule has 3 rings (SSSR count). The number of benzene rings is 2. The first-order valence-electron chi connectivity index (χ1n) is 9.33. The van der Waals surface area contributed by atoms with E-state index in [0.29, 0.717) is 17.5 Å². The molecular formula is C23H26N2O3. The topological polar surface area (TPSA) is 62.6 Å². The summed E-state index contributed by atoms with van der Waals surface area (Å²) in [5.74, 6) is -0.355. The summed E-state index contributed by atoms with van der Waals surface area (Å²) in [5, 5.41) is 3.40. The van der Waals surface area contributed by atoms with Gasteiger partial charge in [0.15, 0.2) is 11.2 Å². The second-order valence-electron chi connectivity index (χ2n) is 7.46. The standard InChI is InChI=1S/C23H26N2O3/c1-14-6-9-17(10-7-14)19(25(4)5)13-24-23(27)21-12-20(26)18-11-8-15(2)16(3)22(18)28-21/h6-12,19H,13H2,1-5H3,(H,24,27)/t19-/m1/s1. The van der Waals surface area contributed by atoms with Crippen LogP contribution in [0.2, 0.25) is 0 Å². The molecule has 5 nitrogen and oxygen atoms in total.